The Bertz CT molecular complexity index is 833. The molecule has 2 aromatic rings. The van der Waals surface area contributed by atoms with Crippen LogP contribution < -0.4 is 5.73 Å². The highest BCUT2D eigenvalue weighted by atomic mass is 35.5. The first-order valence-corrected chi connectivity index (χ1v) is 8.65. The van der Waals surface area contributed by atoms with E-state index in [-0.39, 0.29) is 11.4 Å². The average molecular weight is 353 g/mol. The van der Waals surface area contributed by atoms with E-state index < -0.39 is 15.9 Å². The minimum atomic E-state index is -3.63. The Morgan fingerprint density at radius 1 is 1.17 bits per heavy atom. The lowest BCUT2D eigenvalue weighted by Crippen LogP contribution is -2.27. The lowest BCUT2D eigenvalue weighted by Gasteiger charge is -2.19. The number of rotatable bonds is 5. The van der Waals surface area contributed by atoms with Crippen molar-refractivity contribution in [1.82, 2.24) is 4.31 Å². The molecule has 0 aliphatic heterocycles. The van der Waals surface area contributed by atoms with Crippen molar-refractivity contribution in [3.05, 3.63) is 64.2 Å². The quantitative estimate of drug-likeness (QED) is 0.898. The number of primary amides is 1. The van der Waals surface area contributed by atoms with Crippen molar-refractivity contribution in [2.45, 2.75) is 18.4 Å². The molecule has 2 rings (SSSR count). The topological polar surface area (TPSA) is 80.5 Å². The number of hydrogen-bond acceptors (Lipinski definition) is 3. The highest BCUT2D eigenvalue weighted by Gasteiger charge is 2.23. The minimum absolute atomic E-state index is 0.184. The smallest absolute Gasteiger partial charge is 0.248 e. The molecule has 5 nitrogen and oxygen atoms in total. The van der Waals surface area contributed by atoms with Gasteiger partial charge in [0.1, 0.15) is 0 Å². The van der Waals surface area contributed by atoms with Crippen LogP contribution in [0.4, 0.5) is 0 Å². The van der Waals surface area contributed by atoms with E-state index in [0.717, 1.165) is 5.56 Å². The molecule has 0 spiro atoms. The van der Waals surface area contributed by atoms with Crippen LogP contribution in [0.3, 0.4) is 0 Å². The molecule has 0 fully saturated rings. The van der Waals surface area contributed by atoms with Gasteiger partial charge < -0.3 is 5.73 Å². The highest BCUT2D eigenvalue weighted by Crippen LogP contribution is 2.23. The zero-order valence-corrected chi connectivity index (χ0v) is 14.4. The van der Waals surface area contributed by atoms with Crippen molar-refractivity contribution in [2.24, 2.45) is 5.73 Å². The van der Waals surface area contributed by atoms with Gasteiger partial charge in [-0.1, -0.05) is 23.7 Å². The normalized spacial score (nSPS) is 11.7. The van der Waals surface area contributed by atoms with E-state index in [1.807, 2.05) is 0 Å². The van der Waals surface area contributed by atoms with Crippen LogP contribution in [0.25, 0.3) is 0 Å². The second kappa shape index (κ2) is 6.70. The van der Waals surface area contributed by atoms with Crippen LogP contribution in [-0.4, -0.2) is 25.7 Å². The van der Waals surface area contributed by atoms with Crippen LogP contribution in [0, 0.1) is 6.92 Å². The Hall–Kier alpha value is -1.89. The maximum atomic E-state index is 12.7. The first-order valence-electron chi connectivity index (χ1n) is 6.83. The fourth-order valence-corrected chi connectivity index (χ4v) is 3.77. The second-order valence-electron chi connectivity index (χ2n) is 5.23. The van der Waals surface area contributed by atoms with E-state index in [4.69, 9.17) is 17.3 Å². The third kappa shape index (κ3) is 3.90. The monoisotopic (exact) mass is 352 g/mol. The number of hydrogen-bond donors (Lipinski definition) is 1. The summed E-state index contributed by atoms with van der Waals surface area (Å²) in [5.41, 5.74) is 6.91. The number of nitrogens with two attached hydrogens (primary N) is 1. The maximum Gasteiger partial charge on any atom is 0.248 e. The summed E-state index contributed by atoms with van der Waals surface area (Å²) in [6, 6.07) is 11.2. The Labute approximate surface area is 140 Å². The van der Waals surface area contributed by atoms with Gasteiger partial charge in [0.15, 0.2) is 0 Å². The van der Waals surface area contributed by atoms with E-state index in [9.17, 15) is 13.2 Å². The number of nitrogens with zero attached hydrogens (tertiary/aromatic N) is 1. The van der Waals surface area contributed by atoms with Crippen molar-refractivity contribution < 1.29 is 13.2 Å². The van der Waals surface area contributed by atoms with Crippen LogP contribution in [0.1, 0.15) is 21.5 Å². The van der Waals surface area contributed by atoms with Crippen molar-refractivity contribution in [1.29, 1.82) is 0 Å². The summed E-state index contributed by atoms with van der Waals surface area (Å²) in [6.45, 7) is 1.89. The molecule has 0 aliphatic carbocycles. The Balaban J connectivity index is 2.24. The molecule has 0 aromatic heterocycles. The molecule has 0 aliphatic rings. The van der Waals surface area contributed by atoms with Crippen molar-refractivity contribution in [2.75, 3.05) is 7.05 Å². The van der Waals surface area contributed by atoms with Crippen LogP contribution >= 0.6 is 11.6 Å². The first-order chi connectivity index (χ1) is 10.7. The summed E-state index contributed by atoms with van der Waals surface area (Å²) in [5.74, 6) is -0.519. The molecule has 0 saturated heterocycles. The third-order valence-electron chi connectivity index (χ3n) is 3.47. The number of amides is 1. The van der Waals surface area contributed by atoms with Gasteiger partial charge in [-0.15, -0.1) is 0 Å². The number of aryl methyl sites for hydroxylation is 1. The van der Waals surface area contributed by atoms with Gasteiger partial charge >= 0.3 is 0 Å². The van der Waals surface area contributed by atoms with Crippen LogP contribution in [0.2, 0.25) is 5.02 Å². The molecular weight excluding hydrogens is 336 g/mol. The largest absolute Gasteiger partial charge is 0.366 e. The molecule has 0 unspecified atom stereocenters. The standard InChI is InChI=1S/C16H17ClN2O3S/c1-11-9-14(17)7-8-15(11)23(21,22)19(2)10-12-3-5-13(6-4-12)16(18)20/h3-9H,10H2,1-2H3,(H2,18,20). The van der Waals surface area contributed by atoms with Gasteiger partial charge in [-0.2, -0.15) is 4.31 Å². The molecule has 7 heteroatoms. The molecule has 2 N–H and O–H groups in total. The van der Waals surface area contributed by atoms with Crippen LogP contribution in [0.15, 0.2) is 47.4 Å². The number of carbonyl (C=O) groups is 1. The number of benzene rings is 2. The van der Waals surface area contributed by atoms with E-state index in [2.05, 4.69) is 0 Å². The minimum Gasteiger partial charge on any atom is -0.366 e. The van der Waals surface area contributed by atoms with Crippen molar-refractivity contribution in [3.8, 4) is 0 Å². The fraction of sp³-hybridized carbons (Fsp3) is 0.188. The maximum absolute atomic E-state index is 12.7. The third-order valence-corrected chi connectivity index (χ3v) is 5.67. The summed E-state index contributed by atoms with van der Waals surface area (Å²) in [5, 5.41) is 0.492. The number of sulfonamides is 1. The molecule has 1 amide bonds. The average Bonchev–Trinajstić information content (AvgIpc) is 2.47. The van der Waals surface area contributed by atoms with Crippen molar-refractivity contribution in [3.63, 3.8) is 0 Å². The van der Waals surface area contributed by atoms with Gasteiger partial charge in [-0.3, -0.25) is 4.79 Å². The number of carbonyl (C=O) groups excluding carboxylic acids is 1. The van der Waals surface area contributed by atoms with E-state index in [1.54, 1.807) is 43.3 Å². The van der Waals surface area contributed by atoms with Gasteiger partial charge in [-0.25, -0.2) is 8.42 Å². The second-order valence-corrected chi connectivity index (χ2v) is 7.68. The number of halogens is 1. The molecule has 0 heterocycles. The first kappa shape index (κ1) is 17.5. The van der Waals surface area contributed by atoms with Crippen LogP contribution in [0.5, 0.6) is 0 Å². The molecule has 0 atom stereocenters. The zero-order valence-electron chi connectivity index (χ0n) is 12.8. The fourth-order valence-electron chi connectivity index (χ4n) is 2.19. The Morgan fingerprint density at radius 3 is 2.30 bits per heavy atom. The Kier molecular flexibility index (Phi) is 5.09. The summed E-state index contributed by atoms with van der Waals surface area (Å²) >= 11 is 5.87. The summed E-state index contributed by atoms with van der Waals surface area (Å²) in [6.07, 6.45) is 0. The zero-order chi connectivity index (χ0) is 17.2. The van der Waals surface area contributed by atoms with Gasteiger partial charge in [0, 0.05) is 24.2 Å². The SMILES string of the molecule is Cc1cc(Cl)ccc1S(=O)(=O)N(C)Cc1ccc(C(N)=O)cc1. The molecule has 2 aromatic carbocycles. The molecule has 0 radical (unpaired) electrons. The molecular formula is C16H17ClN2O3S. The molecule has 23 heavy (non-hydrogen) atoms. The van der Waals surface area contributed by atoms with Gasteiger partial charge in [0.2, 0.25) is 15.9 Å². The summed E-state index contributed by atoms with van der Waals surface area (Å²) in [4.78, 5) is 11.3. The lowest BCUT2D eigenvalue weighted by atomic mass is 10.1. The van der Waals surface area contributed by atoms with Gasteiger partial charge in [-0.05, 0) is 48.4 Å². The highest BCUT2D eigenvalue weighted by molar-refractivity contribution is 7.89. The Morgan fingerprint density at radius 2 is 1.78 bits per heavy atom. The predicted molar refractivity (Wildman–Crippen MR) is 89.8 cm³/mol. The molecule has 122 valence electrons. The van der Waals surface area contributed by atoms with Crippen molar-refractivity contribution >= 4 is 27.5 Å². The summed E-state index contributed by atoms with van der Waals surface area (Å²) in [7, 11) is -2.12. The lowest BCUT2D eigenvalue weighted by molar-refractivity contribution is 0.1000. The van der Waals surface area contributed by atoms with Gasteiger partial charge in [0.05, 0.1) is 4.90 Å². The van der Waals surface area contributed by atoms with Crippen LogP contribution in [-0.2, 0) is 16.6 Å². The van der Waals surface area contributed by atoms with E-state index in [0.29, 0.717) is 16.1 Å². The van der Waals surface area contributed by atoms with Gasteiger partial charge in [0.25, 0.3) is 0 Å². The molecule has 0 bridgehead atoms. The molecule has 0 saturated carbocycles. The van der Waals surface area contributed by atoms with E-state index in [1.165, 1.54) is 17.4 Å². The summed E-state index contributed by atoms with van der Waals surface area (Å²) < 4.78 is 26.6. The van der Waals surface area contributed by atoms with E-state index >= 15 is 0 Å². The predicted octanol–water partition coefficient (Wildman–Crippen LogP) is 2.57.